The smallest absolute Gasteiger partial charge is 0.228 e. The van der Waals surface area contributed by atoms with Gasteiger partial charge in [-0.2, -0.15) is 0 Å². The van der Waals surface area contributed by atoms with Crippen molar-refractivity contribution >= 4 is 44.9 Å². The number of benzene rings is 2. The van der Waals surface area contributed by atoms with E-state index < -0.39 is 0 Å². The third-order valence-electron chi connectivity index (χ3n) is 3.30. The van der Waals surface area contributed by atoms with Crippen LogP contribution in [0.25, 0.3) is 10.2 Å². The number of hydrogen-bond acceptors (Lipinski definition) is 4. The van der Waals surface area contributed by atoms with Gasteiger partial charge in [0, 0.05) is 10.6 Å². The summed E-state index contributed by atoms with van der Waals surface area (Å²) in [4.78, 5) is 17.8. The maximum Gasteiger partial charge on any atom is 0.228 e. The van der Waals surface area contributed by atoms with Gasteiger partial charge in [-0.3, -0.25) is 4.79 Å². The van der Waals surface area contributed by atoms with E-state index in [0.717, 1.165) is 26.5 Å². The molecule has 1 amide bonds. The van der Waals surface area contributed by atoms with E-state index in [0.29, 0.717) is 6.42 Å². The number of nitrogens with one attached hydrogen (secondary N) is 1. The first-order valence-electron chi connectivity index (χ1n) is 6.94. The minimum atomic E-state index is -0.00233. The fourth-order valence-corrected chi connectivity index (χ4v) is 3.53. The van der Waals surface area contributed by atoms with Gasteiger partial charge in [-0.1, -0.05) is 12.1 Å². The molecule has 0 saturated heterocycles. The number of nitrogens with zero attached hydrogens (tertiary/aromatic N) is 1. The summed E-state index contributed by atoms with van der Waals surface area (Å²) in [6.07, 6.45) is 2.42. The quantitative estimate of drug-likeness (QED) is 0.717. The van der Waals surface area contributed by atoms with Crippen LogP contribution in [0.2, 0.25) is 0 Å². The molecule has 0 atom stereocenters. The highest BCUT2D eigenvalue weighted by atomic mass is 32.2. The second-order valence-electron chi connectivity index (χ2n) is 4.99. The Labute approximate surface area is 137 Å². The number of aromatic nitrogens is 1. The summed E-state index contributed by atoms with van der Waals surface area (Å²) in [5.74, 6) is -0.00233. The molecule has 1 heterocycles. The topological polar surface area (TPSA) is 42.0 Å². The molecule has 0 radical (unpaired) electrons. The van der Waals surface area contributed by atoms with Crippen LogP contribution < -0.4 is 5.32 Å². The lowest BCUT2D eigenvalue weighted by atomic mass is 10.1. The van der Waals surface area contributed by atoms with Gasteiger partial charge in [-0.25, -0.2) is 4.98 Å². The number of carbonyl (C=O) groups excluding carboxylic acids is 1. The van der Waals surface area contributed by atoms with Crippen molar-refractivity contribution in [2.45, 2.75) is 18.2 Å². The molecule has 3 rings (SSSR count). The van der Waals surface area contributed by atoms with Gasteiger partial charge in [0.2, 0.25) is 5.91 Å². The van der Waals surface area contributed by atoms with Crippen LogP contribution in [0.3, 0.4) is 0 Å². The fourth-order valence-electron chi connectivity index (χ4n) is 2.25. The van der Waals surface area contributed by atoms with Crippen molar-refractivity contribution in [2.24, 2.45) is 0 Å². The monoisotopic (exact) mass is 328 g/mol. The molecule has 0 aliphatic carbocycles. The number of thioether (sulfide) groups is 1. The summed E-state index contributed by atoms with van der Waals surface area (Å²) in [6.45, 7) is 1.99. The molecule has 5 heteroatoms. The Balaban J connectivity index is 1.69. The summed E-state index contributed by atoms with van der Waals surface area (Å²) in [5, 5.41) is 3.99. The lowest BCUT2D eigenvalue weighted by Gasteiger charge is -2.06. The van der Waals surface area contributed by atoms with Gasteiger partial charge in [0.1, 0.15) is 0 Å². The Bertz CT molecular complexity index is 809. The Morgan fingerprint density at radius 2 is 2.00 bits per heavy atom. The summed E-state index contributed by atoms with van der Waals surface area (Å²) >= 11 is 3.33. The van der Waals surface area contributed by atoms with Crippen molar-refractivity contribution in [1.82, 2.24) is 4.98 Å². The van der Waals surface area contributed by atoms with Crippen LogP contribution in [-0.2, 0) is 11.2 Å². The Morgan fingerprint density at radius 1 is 1.23 bits per heavy atom. The van der Waals surface area contributed by atoms with Crippen molar-refractivity contribution in [1.29, 1.82) is 0 Å². The predicted octanol–water partition coefficient (Wildman–Crippen LogP) is 4.51. The van der Waals surface area contributed by atoms with Gasteiger partial charge in [0.15, 0.2) is 0 Å². The van der Waals surface area contributed by atoms with Crippen LogP contribution in [0.1, 0.15) is 10.6 Å². The molecular formula is C17H16N2OS2. The van der Waals surface area contributed by atoms with E-state index in [2.05, 4.69) is 10.3 Å². The minimum absolute atomic E-state index is 0.00233. The molecule has 0 spiro atoms. The zero-order chi connectivity index (χ0) is 15.5. The molecule has 0 aliphatic heterocycles. The van der Waals surface area contributed by atoms with Crippen molar-refractivity contribution < 1.29 is 4.79 Å². The van der Waals surface area contributed by atoms with Gasteiger partial charge in [0.05, 0.1) is 21.6 Å². The first-order valence-corrected chi connectivity index (χ1v) is 8.98. The summed E-state index contributed by atoms with van der Waals surface area (Å²) < 4.78 is 1.10. The van der Waals surface area contributed by atoms with Gasteiger partial charge >= 0.3 is 0 Å². The normalized spacial score (nSPS) is 10.8. The van der Waals surface area contributed by atoms with E-state index in [-0.39, 0.29) is 5.91 Å². The molecule has 2 aromatic carbocycles. The average Bonchev–Trinajstić information content (AvgIpc) is 2.87. The van der Waals surface area contributed by atoms with E-state index >= 15 is 0 Å². The number of rotatable bonds is 4. The van der Waals surface area contributed by atoms with Crippen LogP contribution >= 0.6 is 23.1 Å². The molecule has 112 valence electrons. The van der Waals surface area contributed by atoms with E-state index in [1.165, 1.54) is 4.90 Å². The van der Waals surface area contributed by atoms with E-state index in [1.807, 2.05) is 55.6 Å². The highest BCUT2D eigenvalue weighted by Gasteiger charge is 2.06. The molecule has 1 aromatic heterocycles. The second-order valence-corrected chi connectivity index (χ2v) is 7.10. The van der Waals surface area contributed by atoms with Crippen LogP contribution in [0.15, 0.2) is 47.4 Å². The van der Waals surface area contributed by atoms with Gasteiger partial charge < -0.3 is 5.32 Å². The zero-order valence-electron chi connectivity index (χ0n) is 12.4. The predicted molar refractivity (Wildman–Crippen MR) is 94.9 cm³/mol. The van der Waals surface area contributed by atoms with E-state index in [1.54, 1.807) is 23.1 Å². The Kier molecular flexibility index (Phi) is 4.45. The van der Waals surface area contributed by atoms with E-state index in [9.17, 15) is 4.79 Å². The van der Waals surface area contributed by atoms with Crippen LogP contribution in [0, 0.1) is 6.92 Å². The molecule has 0 fully saturated rings. The minimum Gasteiger partial charge on any atom is -0.326 e. The third-order valence-corrected chi connectivity index (χ3v) is 4.98. The highest BCUT2D eigenvalue weighted by molar-refractivity contribution is 7.98. The first-order chi connectivity index (χ1) is 10.6. The lowest BCUT2D eigenvalue weighted by Crippen LogP contribution is -2.14. The summed E-state index contributed by atoms with van der Waals surface area (Å²) in [6, 6.07) is 13.9. The number of carbonyl (C=O) groups is 1. The molecule has 1 N–H and O–H groups in total. The van der Waals surface area contributed by atoms with Crippen LogP contribution in [-0.4, -0.2) is 17.1 Å². The van der Waals surface area contributed by atoms with Crippen LogP contribution in [0.4, 0.5) is 5.69 Å². The molecule has 3 aromatic rings. The lowest BCUT2D eigenvalue weighted by molar-refractivity contribution is -0.115. The van der Waals surface area contributed by atoms with Crippen LogP contribution in [0.5, 0.6) is 0 Å². The summed E-state index contributed by atoms with van der Waals surface area (Å²) in [7, 11) is 0. The maximum atomic E-state index is 12.1. The fraction of sp³-hybridized carbons (Fsp3) is 0.176. The first kappa shape index (κ1) is 15.1. The SMILES string of the molecule is CSc1ccc(CC(=O)Nc2ccc3nc(C)sc3c2)cc1. The van der Waals surface area contributed by atoms with Crippen molar-refractivity contribution in [3.05, 3.63) is 53.0 Å². The summed E-state index contributed by atoms with van der Waals surface area (Å²) in [5.41, 5.74) is 2.82. The number of hydrogen-bond donors (Lipinski definition) is 1. The van der Waals surface area contributed by atoms with Gasteiger partial charge in [-0.15, -0.1) is 23.1 Å². The number of fused-ring (bicyclic) bond motifs is 1. The molecule has 3 nitrogen and oxygen atoms in total. The van der Waals surface area contributed by atoms with Gasteiger partial charge in [0.25, 0.3) is 0 Å². The molecule has 0 aliphatic rings. The Morgan fingerprint density at radius 3 is 2.73 bits per heavy atom. The molecule has 0 saturated carbocycles. The second kappa shape index (κ2) is 6.50. The number of anilines is 1. The molecular weight excluding hydrogens is 312 g/mol. The third kappa shape index (κ3) is 3.48. The number of aryl methyl sites for hydroxylation is 1. The Hall–Kier alpha value is -1.85. The number of amides is 1. The number of thiazole rings is 1. The highest BCUT2D eigenvalue weighted by Crippen LogP contribution is 2.25. The van der Waals surface area contributed by atoms with Crippen molar-refractivity contribution in [2.75, 3.05) is 11.6 Å². The van der Waals surface area contributed by atoms with Crippen molar-refractivity contribution in [3.63, 3.8) is 0 Å². The van der Waals surface area contributed by atoms with Gasteiger partial charge in [-0.05, 0) is 49.1 Å². The largest absolute Gasteiger partial charge is 0.326 e. The molecule has 0 bridgehead atoms. The average molecular weight is 328 g/mol. The standard InChI is InChI=1S/C17H16N2OS2/c1-11-18-15-8-5-13(10-16(15)22-11)19-17(20)9-12-3-6-14(21-2)7-4-12/h3-8,10H,9H2,1-2H3,(H,19,20). The zero-order valence-corrected chi connectivity index (χ0v) is 14.1. The van der Waals surface area contributed by atoms with Crippen molar-refractivity contribution in [3.8, 4) is 0 Å². The van der Waals surface area contributed by atoms with E-state index in [4.69, 9.17) is 0 Å². The molecule has 22 heavy (non-hydrogen) atoms. The maximum absolute atomic E-state index is 12.1. The molecule has 0 unspecified atom stereocenters.